The molecule has 7 heteroatoms. The molecule has 0 aliphatic carbocycles. The van der Waals surface area contributed by atoms with Crippen molar-refractivity contribution in [3.05, 3.63) is 39.7 Å². The Kier molecular flexibility index (Phi) is 4.88. The zero-order valence-corrected chi connectivity index (χ0v) is 12.5. The van der Waals surface area contributed by atoms with Crippen molar-refractivity contribution in [3.8, 4) is 0 Å². The van der Waals surface area contributed by atoms with Crippen molar-refractivity contribution in [2.45, 2.75) is 6.61 Å². The van der Waals surface area contributed by atoms with E-state index in [0.29, 0.717) is 24.1 Å². The molecule has 2 rings (SSSR count). The van der Waals surface area contributed by atoms with Crippen LogP contribution in [-0.2, 0) is 11.3 Å². The van der Waals surface area contributed by atoms with Crippen molar-refractivity contribution in [2.75, 3.05) is 17.9 Å². The average molecular weight is 371 g/mol. The maximum absolute atomic E-state index is 5.40. The number of anilines is 3. The van der Waals surface area contributed by atoms with Crippen LogP contribution in [0.4, 0.5) is 17.3 Å². The summed E-state index contributed by atoms with van der Waals surface area (Å²) >= 11 is 2.26. The zero-order valence-electron chi connectivity index (χ0n) is 10.4. The highest BCUT2D eigenvalue weighted by Gasteiger charge is 2.05. The number of hydrogen-bond donors (Lipinski definition) is 3. The lowest BCUT2D eigenvalue weighted by molar-refractivity contribution is 0.178. The maximum Gasteiger partial charge on any atom is 0.158 e. The Bertz CT molecular complexity index is 564. The van der Waals surface area contributed by atoms with Gasteiger partial charge in [0.2, 0.25) is 0 Å². The van der Waals surface area contributed by atoms with Crippen molar-refractivity contribution in [3.63, 3.8) is 0 Å². The summed E-state index contributed by atoms with van der Waals surface area (Å²) in [6.07, 6.45) is 0. The van der Waals surface area contributed by atoms with E-state index in [1.54, 1.807) is 13.2 Å². The fourth-order valence-corrected chi connectivity index (χ4v) is 2.05. The summed E-state index contributed by atoms with van der Waals surface area (Å²) in [5, 5.41) is 3.24. The van der Waals surface area contributed by atoms with Gasteiger partial charge < -0.3 is 15.5 Å². The minimum atomic E-state index is 0.329. The normalized spacial score (nSPS) is 10.3. The van der Waals surface area contributed by atoms with Crippen molar-refractivity contribution < 1.29 is 4.74 Å². The van der Waals surface area contributed by atoms with Crippen LogP contribution in [0.2, 0.25) is 0 Å². The number of rotatable bonds is 5. The van der Waals surface area contributed by atoms with Crippen molar-refractivity contribution in [2.24, 2.45) is 5.84 Å². The van der Waals surface area contributed by atoms with Gasteiger partial charge in [-0.3, -0.25) is 0 Å². The maximum atomic E-state index is 5.40. The fourth-order valence-electron chi connectivity index (χ4n) is 1.53. The average Bonchev–Trinajstić information content (AvgIpc) is 2.41. The molecule has 6 nitrogen and oxygen atoms in total. The number of halogens is 1. The van der Waals surface area contributed by atoms with E-state index in [0.717, 1.165) is 9.26 Å². The predicted molar refractivity (Wildman–Crippen MR) is 83.0 cm³/mol. The molecular formula is C12H14IN5O. The van der Waals surface area contributed by atoms with E-state index < -0.39 is 0 Å². The van der Waals surface area contributed by atoms with Crippen LogP contribution in [0.3, 0.4) is 0 Å². The highest BCUT2D eigenvalue weighted by Crippen LogP contribution is 2.22. The molecule has 0 spiro atoms. The first-order valence-corrected chi connectivity index (χ1v) is 6.66. The summed E-state index contributed by atoms with van der Waals surface area (Å²) in [6.45, 7) is 0.329. The van der Waals surface area contributed by atoms with Gasteiger partial charge >= 0.3 is 0 Å². The van der Waals surface area contributed by atoms with Crippen molar-refractivity contribution >= 4 is 39.9 Å². The molecular weight excluding hydrogens is 357 g/mol. The lowest BCUT2D eigenvalue weighted by atomic mass is 10.3. The first kappa shape index (κ1) is 14.0. The van der Waals surface area contributed by atoms with Crippen molar-refractivity contribution in [1.29, 1.82) is 0 Å². The Labute approximate surface area is 124 Å². The number of para-hydroxylation sites is 1. The van der Waals surface area contributed by atoms with E-state index >= 15 is 0 Å². The van der Waals surface area contributed by atoms with Gasteiger partial charge in [-0.1, -0.05) is 12.1 Å². The largest absolute Gasteiger partial charge is 0.377 e. The number of ether oxygens (including phenoxy) is 1. The number of benzene rings is 1. The number of hydrazine groups is 1. The third kappa shape index (κ3) is 3.75. The van der Waals surface area contributed by atoms with Crippen LogP contribution in [0, 0.1) is 3.57 Å². The van der Waals surface area contributed by atoms with Crippen LogP contribution in [0.25, 0.3) is 0 Å². The SMILES string of the molecule is COCc1nc(NN)cc(Nc2ccccc2I)n1. The van der Waals surface area contributed by atoms with Crippen LogP contribution in [0.15, 0.2) is 30.3 Å². The minimum absolute atomic E-state index is 0.329. The molecule has 1 aromatic heterocycles. The van der Waals surface area contributed by atoms with E-state index in [4.69, 9.17) is 10.6 Å². The smallest absolute Gasteiger partial charge is 0.158 e. The highest BCUT2D eigenvalue weighted by molar-refractivity contribution is 14.1. The molecule has 0 amide bonds. The Morgan fingerprint density at radius 3 is 2.68 bits per heavy atom. The Hall–Kier alpha value is -1.45. The molecule has 0 saturated heterocycles. The molecule has 100 valence electrons. The number of nitrogens with two attached hydrogens (primary N) is 1. The molecule has 19 heavy (non-hydrogen) atoms. The minimum Gasteiger partial charge on any atom is -0.377 e. The van der Waals surface area contributed by atoms with Crippen LogP contribution < -0.4 is 16.6 Å². The molecule has 0 atom stereocenters. The second-order valence-corrected chi connectivity index (χ2v) is 4.90. The zero-order chi connectivity index (χ0) is 13.7. The predicted octanol–water partition coefficient (Wildman–Crippen LogP) is 2.26. The first-order valence-electron chi connectivity index (χ1n) is 5.58. The van der Waals surface area contributed by atoms with Gasteiger partial charge in [-0.05, 0) is 34.7 Å². The summed E-state index contributed by atoms with van der Waals surface area (Å²) in [6, 6.07) is 9.68. The van der Waals surface area contributed by atoms with Gasteiger partial charge in [0.1, 0.15) is 18.2 Å². The monoisotopic (exact) mass is 371 g/mol. The second-order valence-electron chi connectivity index (χ2n) is 3.74. The number of nitrogens with one attached hydrogen (secondary N) is 2. The summed E-state index contributed by atoms with van der Waals surface area (Å²) < 4.78 is 6.14. The van der Waals surface area contributed by atoms with Gasteiger partial charge in [-0.25, -0.2) is 15.8 Å². The third-order valence-corrected chi connectivity index (χ3v) is 3.27. The molecule has 0 saturated carbocycles. The Morgan fingerprint density at radius 1 is 1.26 bits per heavy atom. The summed E-state index contributed by atoms with van der Waals surface area (Å²) in [4.78, 5) is 8.55. The molecule has 2 aromatic rings. The van der Waals surface area contributed by atoms with E-state index in [1.165, 1.54) is 0 Å². The number of nitrogen functional groups attached to an aromatic ring is 1. The van der Waals surface area contributed by atoms with Gasteiger partial charge in [0, 0.05) is 16.7 Å². The van der Waals surface area contributed by atoms with Gasteiger partial charge in [-0.15, -0.1) is 0 Å². The van der Waals surface area contributed by atoms with Gasteiger partial charge in [0.15, 0.2) is 5.82 Å². The molecule has 0 aliphatic heterocycles. The molecule has 0 radical (unpaired) electrons. The standard InChI is InChI=1S/C12H14IN5O/c1-19-7-12-16-10(6-11(17-12)18-14)15-9-5-3-2-4-8(9)13/h2-6H,7,14H2,1H3,(H2,15,16,17,18). The number of hydrogen-bond acceptors (Lipinski definition) is 6. The number of methoxy groups -OCH3 is 1. The van der Waals surface area contributed by atoms with Crippen LogP contribution in [0.5, 0.6) is 0 Å². The topological polar surface area (TPSA) is 85.1 Å². The fraction of sp³-hybridized carbons (Fsp3) is 0.167. The Balaban J connectivity index is 2.29. The summed E-state index contributed by atoms with van der Waals surface area (Å²) in [5.74, 6) is 7.16. The van der Waals surface area contributed by atoms with E-state index in [-0.39, 0.29) is 0 Å². The van der Waals surface area contributed by atoms with Crippen LogP contribution >= 0.6 is 22.6 Å². The van der Waals surface area contributed by atoms with E-state index in [1.807, 2.05) is 24.3 Å². The second kappa shape index (κ2) is 6.64. The lowest BCUT2D eigenvalue weighted by Crippen LogP contribution is -2.12. The van der Waals surface area contributed by atoms with Crippen LogP contribution in [0.1, 0.15) is 5.82 Å². The molecule has 0 unspecified atom stereocenters. The molecule has 1 heterocycles. The van der Waals surface area contributed by atoms with E-state index in [9.17, 15) is 0 Å². The van der Waals surface area contributed by atoms with Gasteiger partial charge in [-0.2, -0.15) is 0 Å². The lowest BCUT2D eigenvalue weighted by Gasteiger charge is -2.10. The number of nitrogens with zero attached hydrogens (tertiary/aromatic N) is 2. The molecule has 0 aliphatic rings. The molecule has 0 fully saturated rings. The first-order chi connectivity index (χ1) is 9.22. The van der Waals surface area contributed by atoms with Crippen molar-refractivity contribution in [1.82, 2.24) is 9.97 Å². The van der Waals surface area contributed by atoms with E-state index in [2.05, 4.69) is 43.3 Å². The summed E-state index contributed by atoms with van der Waals surface area (Å²) in [5.41, 5.74) is 3.50. The van der Waals surface area contributed by atoms with Gasteiger partial charge in [0.05, 0.1) is 5.69 Å². The Morgan fingerprint density at radius 2 is 2.00 bits per heavy atom. The third-order valence-electron chi connectivity index (χ3n) is 2.33. The molecule has 1 aromatic carbocycles. The summed E-state index contributed by atoms with van der Waals surface area (Å²) in [7, 11) is 1.60. The number of aromatic nitrogens is 2. The van der Waals surface area contributed by atoms with Gasteiger partial charge in [0.25, 0.3) is 0 Å². The molecule has 4 N–H and O–H groups in total. The highest BCUT2D eigenvalue weighted by atomic mass is 127. The van der Waals surface area contributed by atoms with Crippen LogP contribution in [-0.4, -0.2) is 17.1 Å². The quantitative estimate of drug-likeness (QED) is 0.425. The molecule has 0 bridgehead atoms.